The van der Waals surface area contributed by atoms with Crippen molar-refractivity contribution < 1.29 is 29.1 Å². The SMILES string of the molecule is CCOC(=O)c1ccccc1NC(=O)c1c([N+](=O)[O-])cc([N+](=O)[O-])cc1[N+](=O)[O-]. The first-order chi connectivity index (χ1) is 13.7. The van der Waals surface area contributed by atoms with Gasteiger partial charge >= 0.3 is 5.97 Å². The minimum absolute atomic E-state index is 0.0421. The Hall–Kier alpha value is -4.42. The third-order valence-electron chi connectivity index (χ3n) is 3.58. The van der Waals surface area contributed by atoms with Crippen LogP contribution in [0.5, 0.6) is 0 Å². The molecule has 0 saturated heterocycles. The molecule has 13 nitrogen and oxygen atoms in total. The Kier molecular flexibility index (Phi) is 6.13. The van der Waals surface area contributed by atoms with Crippen molar-refractivity contribution in [3.05, 3.63) is 77.9 Å². The number of amides is 1. The third-order valence-corrected chi connectivity index (χ3v) is 3.58. The quantitative estimate of drug-likeness (QED) is 0.411. The maximum atomic E-state index is 12.6. The van der Waals surface area contributed by atoms with Crippen molar-refractivity contribution in [1.82, 2.24) is 0 Å². The number of carbonyl (C=O) groups is 2. The molecule has 2 aromatic carbocycles. The van der Waals surface area contributed by atoms with E-state index < -0.39 is 49.3 Å². The van der Waals surface area contributed by atoms with Crippen molar-refractivity contribution in [2.45, 2.75) is 6.92 Å². The molecule has 0 aliphatic heterocycles. The maximum Gasteiger partial charge on any atom is 0.340 e. The molecule has 13 heteroatoms. The summed E-state index contributed by atoms with van der Waals surface area (Å²) in [4.78, 5) is 54.8. The lowest BCUT2D eigenvalue weighted by Crippen LogP contribution is -2.18. The van der Waals surface area contributed by atoms with Gasteiger partial charge in [0.15, 0.2) is 5.56 Å². The average Bonchev–Trinajstić information content (AvgIpc) is 2.67. The van der Waals surface area contributed by atoms with E-state index in [1.165, 1.54) is 24.3 Å². The molecule has 0 atom stereocenters. The molecular formula is C16H12N4O9. The van der Waals surface area contributed by atoms with Gasteiger partial charge in [0, 0.05) is 0 Å². The Labute approximate surface area is 161 Å². The average molecular weight is 404 g/mol. The van der Waals surface area contributed by atoms with Gasteiger partial charge in [-0.1, -0.05) is 12.1 Å². The Bertz CT molecular complexity index is 1000. The summed E-state index contributed by atoms with van der Waals surface area (Å²) in [5.74, 6) is -2.09. The second-order valence-electron chi connectivity index (χ2n) is 5.35. The summed E-state index contributed by atoms with van der Waals surface area (Å²) in [7, 11) is 0. The number of anilines is 1. The highest BCUT2D eigenvalue weighted by molar-refractivity contribution is 6.12. The number of nitro groups is 3. The van der Waals surface area contributed by atoms with Gasteiger partial charge in [0.2, 0.25) is 0 Å². The van der Waals surface area contributed by atoms with E-state index in [0.717, 1.165) is 0 Å². The summed E-state index contributed by atoms with van der Waals surface area (Å²) < 4.78 is 4.84. The summed E-state index contributed by atoms with van der Waals surface area (Å²) in [5.41, 5.74) is -4.38. The third kappa shape index (κ3) is 4.47. The van der Waals surface area contributed by atoms with Crippen LogP contribution >= 0.6 is 0 Å². The molecule has 0 unspecified atom stereocenters. The number of hydrogen-bond acceptors (Lipinski definition) is 9. The lowest BCUT2D eigenvalue weighted by molar-refractivity contribution is -0.403. The molecule has 0 saturated carbocycles. The second kappa shape index (κ2) is 8.51. The number of hydrogen-bond donors (Lipinski definition) is 1. The van der Waals surface area contributed by atoms with Gasteiger partial charge in [0.1, 0.15) is 0 Å². The van der Waals surface area contributed by atoms with E-state index in [-0.39, 0.29) is 17.9 Å². The van der Waals surface area contributed by atoms with Crippen LogP contribution in [-0.4, -0.2) is 33.3 Å². The molecule has 0 fully saturated rings. The van der Waals surface area contributed by atoms with Crippen molar-refractivity contribution in [3.8, 4) is 0 Å². The summed E-state index contributed by atoms with van der Waals surface area (Å²) in [6.45, 7) is 1.60. The van der Waals surface area contributed by atoms with Crippen LogP contribution in [0.1, 0.15) is 27.6 Å². The fraction of sp³-hybridized carbons (Fsp3) is 0.125. The predicted molar refractivity (Wildman–Crippen MR) is 96.8 cm³/mol. The Morgan fingerprint density at radius 1 is 0.966 bits per heavy atom. The highest BCUT2D eigenvalue weighted by Crippen LogP contribution is 2.34. The van der Waals surface area contributed by atoms with Crippen molar-refractivity contribution in [2.75, 3.05) is 11.9 Å². The molecule has 0 heterocycles. The molecule has 29 heavy (non-hydrogen) atoms. The van der Waals surface area contributed by atoms with Gasteiger partial charge in [0.25, 0.3) is 23.0 Å². The fourth-order valence-corrected chi connectivity index (χ4v) is 2.39. The topological polar surface area (TPSA) is 185 Å². The van der Waals surface area contributed by atoms with Gasteiger partial charge in [-0.25, -0.2) is 4.79 Å². The van der Waals surface area contributed by atoms with Crippen molar-refractivity contribution in [1.29, 1.82) is 0 Å². The van der Waals surface area contributed by atoms with Crippen molar-refractivity contribution in [3.63, 3.8) is 0 Å². The number of ether oxygens (including phenoxy) is 1. The smallest absolute Gasteiger partial charge is 0.340 e. The van der Waals surface area contributed by atoms with Crippen LogP contribution in [0.3, 0.4) is 0 Å². The van der Waals surface area contributed by atoms with Gasteiger partial charge in [0.05, 0.1) is 44.8 Å². The lowest BCUT2D eigenvalue weighted by Gasteiger charge is -2.10. The first kappa shape index (κ1) is 20.9. The molecular weight excluding hydrogens is 392 g/mol. The van der Waals surface area contributed by atoms with E-state index in [1.807, 2.05) is 0 Å². The monoisotopic (exact) mass is 404 g/mol. The minimum Gasteiger partial charge on any atom is -0.462 e. The molecule has 0 aliphatic carbocycles. The first-order valence-corrected chi connectivity index (χ1v) is 7.86. The first-order valence-electron chi connectivity index (χ1n) is 7.86. The zero-order chi connectivity index (χ0) is 21.7. The number of carbonyl (C=O) groups excluding carboxylic acids is 2. The minimum atomic E-state index is -1.30. The number of nitrogens with one attached hydrogen (secondary N) is 1. The van der Waals surface area contributed by atoms with Gasteiger partial charge in [-0.15, -0.1) is 0 Å². The standard InChI is InChI=1S/C16H12N4O9/c1-2-29-16(22)10-5-3-4-6-11(10)17-15(21)14-12(19(25)26)7-9(18(23)24)8-13(14)20(27)28/h3-8H,2H2,1H3,(H,17,21). The number of benzene rings is 2. The van der Waals surface area contributed by atoms with Gasteiger partial charge in [-0.05, 0) is 19.1 Å². The molecule has 2 aromatic rings. The van der Waals surface area contributed by atoms with Crippen molar-refractivity contribution >= 4 is 34.6 Å². The van der Waals surface area contributed by atoms with Crippen LogP contribution in [0.4, 0.5) is 22.7 Å². The van der Waals surface area contributed by atoms with E-state index in [9.17, 15) is 39.9 Å². The number of esters is 1. The van der Waals surface area contributed by atoms with Crippen LogP contribution in [0, 0.1) is 30.3 Å². The molecule has 1 amide bonds. The van der Waals surface area contributed by atoms with E-state index in [4.69, 9.17) is 4.74 Å². The summed E-state index contributed by atoms with van der Waals surface area (Å²) >= 11 is 0. The molecule has 2 rings (SSSR count). The number of nitrogens with zero attached hydrogens (tertiary/aromatic N) is 3. The predicted octanol–water partition coefficient (Wildman–Crippen LogP) is 2.84. The zero-order valence-corrected chi connectivity index (χ0v) is 14.7. The van der Waals surface area contributed by atoms with E-state index in [0.29, 0.717) is 12.1 Å². The van der Waals surface area contributed by atoms with Gasteiger partial charge in [-0.2, -0.15) is 0 Å². The summed E-state index contributed by atoms with van der Waals surface area (Å²) in [5, 5.41) is 35.7. The Balaban J connectivity index is 2.59. The molecule has 150 valence electrons. The Morgan fingerprint density at radius 2 is 1.52 bits per heavy atom. The number of rotatable bonds is 7. The van der Waals surface area contributed by atoms with Crippen molar-refractivity contribution in [2.24, 2.45) is 0 Å². The molecule has 0 aliphatic rings. The summed E-state index contributed by atoms with van der Waals surface area (Å²) in [6.07, 6.45) is 0. The van der Waals surface area contributed by atoms with Crippen LogP contribution in [0.2, 0.25) is 0 Å². The molecule has 0 bridgehead atoms. The lowest BCUT2D eigenvalue weighted by atomic mass is 10.1. The number of nitro benzene ring substituents is 3. The number of non-ortho nitro benzene ring substituents is 1. The highest BCUT2D eigenvalue weighted by atomic mass is 16.6. The van der Waals surface area contributed by atoms with Crippen LogP contribution < -0.4 is 5.32 Å². The molecule has 1 N–H and O–H groups in total. The fourth-order valence-electron chi connectivity index (χ4n) is 2.39. The number of para-hydroxylation sites is 1. The second-order valence-corrected chi connectivity index (χ2v) is 5.35. The van der Waals surface area contributed by atoms with E-state index in [2.05, 4.69) is 5.32 Å². The molecule has 0 spiro atoms. The maximum absolute atomic E-state index is 12.6. The van der Waals surface area contributed by atoms with Crippen LogP contribution in [-0.2, 0) is 4.74 Å². The van der Waals surface area contributed by atoms with E-state index >= 15 is 0 Å². The van der Waals surface area contributed by atoms with Crippen LogP contribution in [0.25, 0.3) is 0 Å². The van der Waals surface area contributed by atoms with Gasteiger partial charge in [-0.3, -0.25) is 35.1 Å². The zero-order valence-electron chi connectivity index (χ0n) is 14.7. The molecule has 0 radical (unpaired) electrons. The Morgan fingerprint density at radius 3 is 2.00 bits per heavy atom. The van der Waals surface area contributed by atoms with Gasteiger partial charge < -0.3 is 10.1 Å². The summed E-state index contributed by atoms with van der Waals surface area (Å²) in [6, 6.07) is 6.40. The highest BCUT2D eigenvalue weighted by Gasteiger charge is 2.35. The van der Waals surface area contributed by atoms with Crippen LogP contribution in [0.15, 0.2) is 36.4 Å². The van der Waals surface area contributed by atoms with E-state index in [1.54, 1.807) is 6.92 Å². The largest absolute Gasteiger partial charge is 0.462 e. The normalized spacial score (nSPS) is 10.1. The molecule has 0 aromatic heterocycles.